The van der Waals surface area contributed by atoms with E-state index in [0.717, 1.165) is 43.7 Å². The fourth-order valence-corrected chi connectivity index (χ4v) is 4.31. The number of fused-ring (bicyclic) bond motifs is 1. The molecule has 2 heterocycles. The lowest BCUT2D eigenvalue weighted by Gasteiger charge is -2.19. The number of ether oxygens (including phenoxy) is 1. The van der Waals surface area contributed by atoms with Crippen LogP contribution in [0.4, 0.5) is 13.2 Å². The van der Waals surface area contributed by atoms with Crippen molar-refractivity contribution in [3.8, 4) is 17.2 Å². The average Bonchev–Trinajstić information content (AvgIpc) is 3.02. The number of quaternary nitrogens is 1. The van der Waals surface area contributed by atoms with Crippen LogP contribution in [0.3, 0.4) is 0 Å². The molecular formula is C24H24ClF3NO4+. The minimum absolute atomic E-state index is 0.0297. The number of aryl methyl sites for hydroxylation is 1. The van der Waals surface area contributed by atoms with Crippen LogP contribution < -0.4 is 15.1 Å². The molecular weight excluding hydrogens is 459 g/mol. The molecule has 1 fully saturated rings. The lowest BCUT2D eigenvalue weighted by atomic mass is 10.1. The maximum Gasteiger partial charge on any atom is 0.453 e. The number of hydrogen-bond donors (Lipinski definition) is 2. The van der Waals surface area contributed by atoms with E-state index in [1.54, 1.807) is 6.92 Å². The standard InChI is InChI=1S/C24H23ClF3NO4/c1-14-12-15(6-8-18(14)25)32-22-20(31)16-7-9-19(30)17(13-29-10-4-2-3-5-11-29)21(16)33-23(22)24(26,27)28/h6-9,12,30H,2-5,10-11,13H2,1H3/p+1. The first kappa shape index (κ1) is 23.4. The van der Waals surface area contributed by atoms with E-state index in [4.69, 9.17) is 20.8 Å². The summed E-state index contributed by atoms with van der Waals surface area (Å²) in [6, 6.07) is 6.87. The summed E-state index contributed by atoms with van der Waals surface area (Å²) < 4.78 is 52.5. The second-order valence-corrected chi connectivity index (χ2v) is 8.79. The zero-order valence-electron chi connectivity index (χ0n) is 18.0. The molecule has 1 aromatic heterocycles. The molecule has 0 unspecified atom stereocenters. The first-order chi connectivity index (χ1) is 15.6. The summed E-state index contributed by atoms with van der Waals surface area (Å²) in [7, 11) is 0. The number of nitrogens with one attached hydrogen (secondary N) is 1. The van der Waals surface area contributed by atoms with Crippen molar-refractivity contribution >= 4 is 22.6 Å². The van der Waals surface area contributed by atoms with Crippen molar-refractivity contribution in [3.63, 3.8) is 0 Å². The molecule has 3 aromatic rings. The largest absolute Gasteiger partial charge is 0.507 e. The van der Waals surface area contributed by atoms with Gasteiger partial charge in [0.1, 0.15) is 18.0 Å². The number of aromatic hydroxyl groups is 1. The number of rotatable bonds is 4. The molecule has 2 N–H and O–H groups in total. The van der Waals surface area contributed by atoms with Crippen molar-refractivity contribution in [2.45, 2.75) is 45.3 Å². The highest BCUT2D eigenvalue weighted by Crippen LogP contribution is 2.40. The Morgan fingerprint density at radius 1 is 1.12 bits per heavy atom. The van der Waals surface area contributed by atoms with Gasteiger partial charge in [0.15, 0.2) is 5.58 Å². The van der Waals surface area contributed by atoms with Gasteiger partial charge in [-0.25, -0.2) is 0 Å². The van der Waals surface area contributed by atoms with Gasteiger partial charge < -0.3 is 19.2 Å². The maximum atomic E-state index is 13.9. The van der Waals surface area contributed by atoms with Gasteiger partial charge in [0.05, 0.1) is 24.0 Å². The third kappa shape index (κ3) is 4.96. The van der Waals surface area contributed by atoms with Gasteiger partial charge >= 0.3 is 6.18 Å². The molecule has 4 rings (SSSR count). The van der Waals surface area contributed by atoms with Gasteiger partial charge in [-0.3, -0.25) is 4.79 Å². The van der Waals surface area contributed by atoms with Crippen LogP contribution in [-0.4, -0.2) is 18.2 Å². The molecule has 5 nitrogen and oxygen atoms in total. The summed E-state index contributed by atoms with van der Waals surface area (Å²) >= 11 is 5.98. The molecule has 0 radical (unpaired) electrons. The van der Waals surface area contributed by atoms with Gasteiger partial charge in [-0.2, -0.15) is 13.2 Å². The fraction of sp³-hybridized carbons (Fsp3) is 0.375. The Bertz CT molecular complexity index is 1230. The van der Waals surface area contributed by atoms with Crippen molar-refractivity contribution in [2.75, 3.05) is 13.1 Å². The van der Waals surface area contributed by atoms with E-state index in [1.165, 1.54) is 30.3 Å². The van der Waals surface area contributed by atoms with Crippen molar-refractivity contribution in [2.24, 2.45) is 0 Å². The molecule has 1 saturated heterocycles. The highest BCUT2D eigenvalue weighted by atomic mass is 35.5. The van der Waals surface area contributed by atoms with E-state index >= 15 is 0 Å². The van der Waals surface area contributed by atoms with Crippen LogP contribution in [0.25, 0.3) is 11.0 Å². The number of halogens is 4. The first-order valence-corrected chi connectivity index (χ1v) is 11.2. The first-order valence-electron chi connectivity index (χ1n) is 10.8. The second kappa shape index (κ2) is 9.27. The molecule has 0 aliphatic carbocycles. The summed E-state index contributed by atoms with van der Waals surface area (Å²) in [4.78, 5) is 14.3. The van der Waals surface area contributed by atoms with E-state index in [-0.39, 0.29) is 34.6 Å². The zero-order chi connectivity index (χ0) is 23.8. The van der Waals surface area contributed by atoms with Crippen molar-refractivity contribution in [3.05, 3.63) is 62.5 Å². The Kier molecular flexibility index (Phi) is 6.59. The van der Waals surface area contributed by atoms with Crippen LogP contribution in [0.1, 0.15) is 42.6 Å². The van der Waals surface area contributed by atoms with E-state index < -0.39 is 23.1 Å². The summed E-state index contributed by atoms with van der Waals surface area (Å²) in [6.07, 6.45) is -0.789. The average molecular weight is 483 g/mol. The van der Waals surface area contributed by atoms with Crippen molar-refractivity contribution < 1.29 is 32.3 Å². The summed E-state index contributed by atoms with van der Waals surface area (Å²) in [5, 5.41) is 10.8. The third-order valence-corrected chi connectivity index (χ3v) is 6.37. The Hall–Kier alpha value is -2.71. The third-order valence-electron chi connectivity index (χ3n) is 5.94. The molecule has 9 heteroatoms. The molecule has 1 aliphatic heterocycles. The molecule has 0 spiro atoms. The number of benzene rings is 2. The summed E-state index contributed by atoms with van der Waals surface area (Å²) in [5.74, 6) is -2.65. The summed E-state index contributed by atoms with van der Waals surface area (Å²) in [6.45, 7) is 3.61. The number of phenols is 1. The fourth-order valence-electron chi connectivity index (χ4n) is 4.19. The van der Waals surface area contributed by atoms with Gasteiger partial charge in [-0.1, -0.05) is 11.6 Å². The minimum atomic E-state index is -4.98. The monoisotopic (exact) mass is 482 g/mol. The van der Waals surface area contributed by atoms with E-state index in [9.17, 15) is 23.1 Å². The molecule has 0 atom stereocenters. The molecule has 2 aromatic carbocycles. The maximum absolute atomic E-state index is 13.9. The van der Waals surface area contributed by atoms with Gasteiger partial charge in [-0.05, 0) is 68.5 Å². The van der Waals surface area contributed by atoms with Crippen LogP contribution in [0, 0.1) is 6.92 Å². The van der Waals surface area contributed by atoms with Gasteiger partial charge in [-0.15, -0.1) is 0 Å². The van der Waals surface area contributed by atoms with Crippen molar-refractivity contribution in [1.82, 2.24) is 0 Å². The lowest BCUT2D eigenvalue weighted by Crippen LogP contribution is -3.10. The minimum Gasteiger partial charge on any atom is -0.507 e. The van der Waals surface area contributed by atoms with Gasteiger partial charge in [0, 0.05) is 5.02 Å². The second-order valence-electron chi connectivity index (χ2n) is 8.38. The van der Waals surface area contributed by atoms with E-state index in [0.29, 0.717) is 10.6 Å². The Morgan fingerprint density at radius 3 is 2.45 bits per heavy atom. The Labute approximate surface area is 193 Å². The number of alkyl halides is 3. The van der Waals surface area contributed by atoms with E-state index in [2.05, 4.69) is 0 Å². The van der Waals surface area contributed by atoms with E-state index in [1.807, 2.05) is 0 Å². The normalized spacial score (nSPS) is 15.5. The van der Waals surface area contributed by atoms with Crippen LogP contribution in [0.15, 0.2) is 39.5 Å². The van der Waals surface area contributed by atoms with Crippen LogP contribution in [-0.2, 0) is 12.7 Å². The quantitative estimate of drug-likeness (QED) is 0.534. The smallest absolute Gasteiger partial charge is 0.453 e. The topological polar surface area (TPSA) is 64.1 Å². The van der Waals surface area contributed by atoms with Crippen LogP contribution >= 0.6 is 11.6 Å². The van der Waals surface area contributed by atoms with Gasteiger partial charge in [0.2, 0.25) is 11.2 Å². The number of hydrogen-bond acceptors (Lipinski definition) is 4. The highest BCUT2D eigenvalue weighted by Gasteiger charge is 2.41. The predicted octanol–water partition coefficient (Wildman–Crippen LogP) is 5.23. The molecule has 176 valence electrons. The van der Waals surface area contributed by atoms with Gasteiger partial charge in [0.25, 0.3) is 5.76 Å². The zero-order valence-corrected chi connectivity index (χ0v) is 18.8. The number of phenolic OH excluding ortho intramolecular Hbond substituents is 1. The van der Waals surface area contributed by atoms with Crippen LogP contribution in [0.2, 0.25) is 5.02 Å². The molecule has 0 amide bonds. The Morgan fingerprint density at radius 2 is 1.82 bits per heavy atom. The van der Waals surface area contributed by atoms with Crippen molar-refractivity contribution in [1.29, 1.82) is 0 Å². The lowest BCUT2D eigenvalue weighted by molar-refractivity contribution is -0.913. The molecule has 33 heavy (non-hydrogen) atoms. The highest BCUT2D eigenvalue weighted by molar-refractivity contribution is 6.31. The van der Waals surface area contributed by atoms with Crippen LogP contribution in [0.5, 0.6) is 17.2 Å². The number of likely N-dealkylation sites (tertiary alicyclic amines) is 1. The predicted molar refractivity (Wildman–Crippen MR) is 118 cm³/mol. The summed E-state index contributed by atoms with van der Waals surface area (Å²) in [5.41, 5.74) is -0.437. The molecule has 0 saturated carbocycles. The Balaban J connectivity index is 1.86. The molecule has 0 bridgehead atoms. The SMILES string of the molecule is Cc1cc(Oc2c(C(F)(F)F)oc3c(C[NH+]4CCCCCC4)c(O)ccc3c2=O)ccc1Cl. The molecule has 1 aliphatic rings.